The molecule has 3 fully saturated rings. The molecule has 1 aliphatic carbocycles. The molecule has 0 amide bonds. The van der Waals surface area contributed by atoms with Gasteiger partial charge in [-0.3, -0.25) is 0 Å². The highest BCUT2D eigenvalue weighted by atomic mass is 16.7. The van der Waals surface area contributed by atoms with Crippen molar-refractivity contribution < 1.29 is 54.0 Å². The number of nitrogens with two attached hydrogens (primary N) is 4. The van der Waals surface area contributed by atoms with E-state index in [1.54, 1.807) is 0 Å². The van der Waals surface area contributed by atoms with Gasteiger partial charge in [-0.1, -0.05) is 52.4 Å². The van der Waals surface area contributed by atoms with Gasteiger partial charge in [-0.05, 0) is 19.3 Å². The first kappa shape index (κ1) is 38.8. The summed E-state index contributed by atoms with van der Waals surface area (Å²) in [6.45, 7) is 5.31. The standard InChI is InChI=1S/C30H60N4O11/c1-3-5-7-9-11-40-15-19-28(41-12-10-8-6-4-2)20(34)22(36)29(43-19)44-26-16(32)13-17(33)27(25(26)39)45-30-24(38)23(37)21(35)18(14-31)42-30/h16-30,35-39H,3-15,31-34H2,1-2H3/t16-,17+,18-,19-,20-,21-,22-,23+,24-,25-,26+,27-,28-,29+,30-/m1/s1. The molecular weight excluding hydrogens is 592 g/mol. The van der Waals surface area contributed by atoms with Crippen LogP contribution in [0.15, 0.2) is 0 Å². The van der Waals surface area contributed by atoms with Gasteiger partial charge in [-0.25, -0.2) is 0 Å². The van der Waals surface area contributed by atoms with E-state index in [0.29, 0.717) is 13.2 Å². The van der Waals surface area contributed by atoms with Crippen LogP contribution in [-0.4, -0.2) is 144 Å². The third-order valence-electron chi connectivity index (χ3n) is 9.01. The lowest BCUT2D eigenvalue weighted by Crippen LogP contribution is -2.68. The molecular formula is C30H60N4O11. The quantitative estimate of drug-likeness (QED) is 0.0720. The van der Waals surface area contributed by atoms with Gasteiger partial charge in [0.05, 0.1) is 12.6 Å². The van der Waals surface area contributed by atoms with E-state index in [2.05, 4.69) is 13.8 Å². The van der Waals surface area contributed by atoms with Crippen LogP contribution in [0, 0.1) is 0 Å². The lowest BCUT2D eigenvalue weighted by Gasteiger charge is -2.48. The minimum Gasteiger partial charge on any atom is -0.388 e. The van der Waals surface area contributed by atoms with Crippen molar-refractivity contribution in [2.45, 2.75) is 163 Å². The average Bonchev–Trinajstić information content (AvgIpc) is 3.02. The summed E-state index contributed by atoms with van der Waals surface area (Å²) >= 11 is 0. The zero-order valence-electron chi connectivity index (χ0n) is 26.8. The molecule has 13 N–H and O–H groups in total. The summed E-state index contributed by atoms with van der Waals surface area (Å²) in [6.07, 6.45) is -6.32. The summed E-state index contributed by atoms with van der Waals surface area (Å²) in [7, 11) is 0. The molecule has 0 unspecified atom stereocenters. The zero-order valence-corrected chi connectivity index (χ0v) is 26.8. The van der Waals surface area contributed by atoms with Crippen LogP contribution in [0.25, 0.3) is 0 Å². The second-order valence-electron chi connectivity index (χ2n) is 12.6. The summed E-state index contributed by atoms with van der Waals surface area (Å²) in [5, 5.41) is 53.4. The van der Waals surface area contributed by atoms with Gasteiger partial charge in [0.2, 0.25) is 0 Å². The summed E-state index contributed by atoms with van der Waals surface area (Å²) < 4.78 is 35.8. The third-order valence-corrected chi connectivity index (χ3v) is 9.01. The van der Waals surface area contributed by atoms with Crippen molar-refractivity contribution in [1.82, 2.24) is 0 Å². The topological polar surface area (TPSA) is 261 Å². The Balaban J connectivity index is 1.68. The molecule has 2 saturated heterocycles. The van der Waals surface area contributed by atoms with Gasteiger partial charge in [0.1, 0.15) is 61.0 Å². The van der Waals surface area contributed by atoms with E-state index in [-0.39, 0.29) is 19.6 Å². The summed E-state index contributed by atoms with van der Waals surface area (Å²) in [5.41, 5.74) is 24.8. The van der Waals surface area contributed by atoms with Crippen LogP contribution in [0.5, 0.6) is 0 Å². The van der Waals surface area contributed by atoms with Crippen LogP contribution < -0.4 is 22.9 Å². The number of aliphatic hydroxyl groups is 5. The van der Waals surface area contributed by atoms with E-state index in [4.69, 9.17) is 51.4 Å². The largest absolute Gasteiger partial charge is 0.388 e. The number of hydrogen-bond donors (Lipinski definition) is 9. The fraction of sp³-hybridized carbons (Fsp3) is 1.00. The highest BCUT2D eigenvalue weighted by Gasteiger charge is 2.52. The SMILES string of the molecule is CCCCCCOC[C@H]1O[C@@H](O[C@@H]2[C@@H](O)[C@H](O[C@H]3O[C@H](CN)[C@@H](O)[C@H](O)[C@H]3O)[C@@H](N)C[C@H]2N)[C@H](O)[C@@H](N)[C@@H]1OCCCCCC. The van der Waals surface area contributed by atoms with Crippen LogP contribution in [-0.2, 0) is 28.4 Å². The number of aliphatic hydroxyl groups excluding tert-OH is 5. The maximum atomic E-state index is 11.4. The van der Waals surface area contributed by atoms with Crippen molar-refractivity contribution >= 4 is 0 Å². The predicted octanol–water partition coefficient (Wildman–Crippen LogP) is -2.08. The molecule has 2 aliphatic heterocycles. The second kappa shape index (κ2) is 19.4. The van der Waals surface area contributed by atoms with Crippen LogP contribution in [0.1, 0.15) is 71.6 Å². The van der Waals surface area contributed by atoms with Crippen molar-refractivity contribution in [3.8, 4) is 0 Å². The fourth-order valence-corrected chi connectivity index (χ4v) is 6.17. The maximum absolute atomic E-state index is 11.4. The number of rotatable bonds is 18. The molecule has 0 aromatic rings. The highest BCUT2D eigenvalue weighted by Crippen LogP contribution is 2.32. The van der Waals surface area contributed by atoms with Gasteiger partial charge in [0, 0.05) is 31.8 Å². The van der Waals surface area contributed by atoms with Crippen molar-refractivity contribution in [1.29, 1.82) is 0 Å². The summed E-state index contributed by atoms with van der Waals surface area (Å²) in [6, 6.07) is -2.45. The molecule has 0 radical (unpaired) electrons. The van der Waals surface area contributed by atoms with Gasteiger partial charge >= 0.3 is 0 Å². The van der Waals surface area contributed by atoms with Gasteiger partial charge in [-0.2, -0.15) is 0 Å². The lowest BCUT2D eigenvalue weighted by molar-refractivity contribution is -0.333. The van der Waals surface area contributed by atoms with Crippen LogP contribution in [0.3, 0.4) is 0 Å². The third kappa shape index (κ3) is 10.4. The second-order valence-corrected chi connectivity index (χ2v) is 12.6. The van der Waals surface area contributed by atoms with Crippen molar-refractivity contribution in [2.24, 2.45) is 22.9 Å². The molecule has 266 valence electrons. The van der Waals surface area contributed by atoms with E-state index in [1.807, 2.05) is 0 Å². The predicted molar refractivity (Wildman–Crippen MR) is 164 cm³/mol. The van der Waals surface area contributed by atoms with Gasteiger partial charge in [0.25, 0.3) is 0 Å². The average molecular weight is 653 g/mol. The van der Waals surface area contributed by atoms with Gasteiger partial charge in [-0.15, -0.1) is 0 Å². The minimum absolute atomic E-state index is 0.142. The molecule has 0 spiro atoms. The van der Waals surface area contributed by atoms with Crippen molar-refractivity contribution in [3.05, 3.63) is 0 Å². The van der Waals surface area contributed by atoms with Crippen LogP contribution >= 0.6 is 0 Å². The van der Waals surface area contributed by atoms with E-state index in [9.17, 15) is 25.5 Å². The Morgan fingerprint density at radius 3 is 1.76 bits per heavy atom. The zero-order chi connectivity index (χ0) is 33.1. The van der Waals surface area contributed by atoms with E-state index < -0.39 is 91.7 Å². The fourth-order valence-electron chi connectivity index (χ4n) is 6.17. The van der Waals surface area contributed by atoms with Crippen LogP contribution in [0.2, 0.25) is 0 Å². The Labute approximate surface area is 266 Å². The Hall–Kier alpha value is -0.600. The number of ether oxygens (including phenoxy) is 6. The minimum atomic E-state index is -1.64. The van der Waals surface area contributed by atoms with E-state index in [0.717, 1.165) is 51.4 Å². The smallest absolute Gasteiger partial charge is 0.187 e. The molecule has 3 rings (SSSR count). The molecule has 0 bridgehead atoms. The molecule has 15 heteroatoms. The van der Waals surface area contributed by atoms with Crippen molar-refractivity contribution in [3.63, 3.8) is 0 Å². The van der Waals surface area contributed by atoms with E-state index in [1.165, 1.54) is 0 Å². The summed E-state index contributed by atoms with van der Waals surface area (Å²) in [5.74, 6) is 0. The Morgan fingerprint density at radius 2 is 1.18 bits per heavy atom. The Bertz CT molecular complexity index is 820. The molecule has 1 saturated carbocycles. The van der Waals surface area contributed by atoms with Crippen molar-refractivity contribution in [2.75, 3.05) is 26.4 Å². The molecule has 3 aliphatic rings. The Kier molecular flexibility index (Phi) is 16.8. The van der Waals surface area contributed by atoms with Gasteiger partial charge in [0.15, 0.2) is 12.6 Å². The van der Waals surface area contributed by atoms with Gasteiger partial charge < -0.3 is 76.9 Å². The maximum Gasteiger partial charge on any atom is 0.187 e. The monoisotopic (exact) mass is 652 g/mol. The molecule has 15 atom stereocenters. The number of hydrogen-bond acceptors (Lipinski definition) is 15. The highest BCUT2D eigenvalue weighted by molar-refractivity contribution is 5.01. The van der Waals surface area contributed by atoms with Crippen LogP contribution in [0.4, 0.5) is 0 Å². The first-order valence-electron chi connectivity index (χ1n) is 16.7. The summed E-state index contributed by atoms with van der Waals surface area (Å²) in [4.78, 5) is 0. The first-order chi connectivity index (χ1) is 21.5. The normalized spacial score (nSPS) is 42.6. The molecule has 0 aromatic carbocycles. The molecule has 45 heavy (non-hydrogen) atoms. The molecule has 2 heterocycles. The molecule has 0 aromatic heterocycles. The Morgan fingerprint density at radius 1 is 0.622 bits per heavy atom. The first-order valence-corrected chi connectivity index (χ1v) is 16.7. The number of unbranched alkanes of at least 4 members (excludes halogenated alkanes) is 6. The molecule has 15 nitrogen and oxygen atoms in total. The van der Waals surface area contributed by atoms with E-state index >= 15 is 0 Å². The lowest BCUT2D eigenvalue weighted by atomic mass is 9.84.